The number of aromatic nitrogens is 2. The summed E-state index contributed by atoms with van der Waals surface area (Å²) in [5.74, 6) is -0.631. The van der Waals surface area contributed by atoms with Crippen LogP contribution < -0.4 is 10.0 Å². The maximum absolute atomic E-state index is 14.9. The van der Waals surface area contributed by atoms with Gasteiger partial charge in [-0.3, -0.25) is 9.78 Å². The van der Waals surface area contributed by atoms with Crippen molar-refractivity contribution in [3.8, 4) is 0 Å². The summed E-state index contributed by atoms with van der Waals surface area (Å²) in [6.07, 6.45) is 2.24. The molecular weight excluding hydrogens is 411 g/mol. The first kappa shape index (κ1) is 21.8. The molecule has 0 amide bonds. The first-order valence-electron chi connectivity index (χ1n) is 9.31. The van der Waals surface area contributed by atoms with Gasteiger partial charge in [0.05, 0.1) is 29.4 Å². The Morgan fingerprint density at radius 1 is 1.13 bits per heavy atom. The maximum atomic E-state index is 14.9. The van der Waals surface area contributed by atoms with Gasteiger partial charge in [0.25, 0.3) is 0 Å². The summed E-state index contributed by atoms with van der Waals surface area (Å²) in [7, 11) is -2.68. The quantitative estimate of drug-likeness (QED) is 0.217. The lowest BCUT2D eigenvalue weighted by atomic mass is 9.98. The summed E-state index contributed by atoms with van der Waals surface area (Å²) in [5, 5.41) is 11.8. The molecule has 0 unspecified atom stereocenters. The Kier molecular flexibility index (Phi) is 7.39. The molecule has 2 aromatic carbocycles. The van der Waals surface area contributed by atoms with Crippen LogP contribution >= 0.6 is 0 Å². The minimum Gasteiger partial charge on any atom is -0.395 e. The third-order valence-corrected chi connectivity index (χ3v) is 4.89. The molecule has 158 valence electrons. The van der Waals surface area contributed by atoms with Crippen molar-refractivity contribution in [2.24, 2.45) is 0 Å². The van der Waals surface area contributed by atoms with Crippen LogP contribution in [-0.4, -0.2) is 49.0 Å². The molecular formula is C20H21FN4O4S. The highest BCUT2D eigenvalue weighted by Gasteiger charge is 2.17. The van der Waals surface area contributed by atoms with Crippen molar-refractivity contribution < 1.29 is 22.7 Å². The Bertz CT molecular complexity index is 1130. The Morgan fingerprint density at radius 3 is 2.73 bits per heavy atom. The third kappa shape index (κ3) is 5.35. The molecule has 0 bridgehead atoms. The lowest BCUT2D eigenvalue weighted by Crippen LogP contribution is -2.14. The van der Waals surface area contributed by atoms with E-state index in [2.05, 4.69) is 20.0 Å². The SMILES string of the molecule is O=C(c1ccc2ncc(NCCO)nc2c1)c1cccc(CCCN[SH](=O)=O)c1F. The van der Waals surface area contributed by atoms with E-state index in [1.807, 2.05) is 0 Å². The molecule has 3 N–H and O–H groups in total. The van der Waals surface area contributed by atoms with E-state index in [9.17, 15) is 17.6 Å². The second kappa shape index (κ2) is 10.2. The number of fused-ring (bicyclic) bond motifs is 1. The zero-order valence-corrected chi connectivity index (χ0v) is 16.9. The van der Waals surface area contributed by atoms with E-state index in [0.29, 0.717) is 41.8 Å². The molecule has 30 heavy (non-hydrogen) atoms. The average molecular weight is 432 g/mol. The van der Waals surface area contributed by atoms with Gasteiger partial charge in [0, 0.05) is 18.7 Å². The molecule has 1 aromatic heterocycles. The van der Waals surface area contributed by atoms with E-state index < -0.39 is 22.5 Å². The number of ketones is 1. The molecule has 0 saturated carbocycles. The normalized spacial score (nSPS) is 11.2. The van der Waals surface area contributed by atoms with Crippen LogP contribution in [0.25, 0.3) is 11.0 Å². The largest absolute Gasteiger partial charge is 0.395 e. The molecule has 0 aliphatic heterocycles. The lowest BCUT2D eigenvalue weighted by Gasteiger charge is -2.09. The summed E-state index contributed by atoms with van der Waals surface area (Å²) in [4.78, 5) is 21.5. The van der Waals surface area contributed by atoms with Crippen LogP contribution in [0, 0.1) is 5.82 Å². The van der Waals surface area contributed by atoms with Crippen molar-refractivity contribution >= 4 is 33.5 Å². The van der Waals surface area contributed by atoms with Crippen molar-refractivity contribution in [2.75, 3.05) is 25.0 Å². The number of nitrogens with one attached hydrogen (secondary N) is 2. The fourth-order valence-electron chi connectivity index (χ4n) is 2.97. The fourth-order valence-corrected chi connectivity index (χ4v) is 3.32. The van der Waals surface area contributed by atoms with E-state index in [4.69, 9.17) is 5.11 Å². The number of carbonyl (C=O) groups is 1. The van der Waals surface area contributed by atoms with Crippen molar-refractivity contribution in [3.05, 3.63) is 65.1 Å². The van der Waals surface area contributed by atoms with Crippen LogP contribution in [0.3, 0.4) is 0 Å². The maximum Gasteiger partial charge on any atom is 0.201 e. The highest BCUT2D eigenvalue weighted by Crippen LogP contribution is 2.21. The Labute approximate surface area is 174 Å². The molecule has 10 heteroatoms. The molecule has 0 saturated heterocycles. The van der Waals surface area contributed by atoms with Crippen LogP contribution in [0.15, 0.2) is 42.6 Å². The van der Waals surface area contributed by atoms with Gasteiger partial charge in [-0.15, -0.1) is 0 Å². The molecule has 0 radical (unpaired) electrons. The minimum atomic E-state index is -2.68. The van der Waals surface area contributed by atoms with E-state index in [1.54, 1.807) is 30.3 Å². The standard InChI is InChI=1S/C20H21FN4O4S/c21-19-13(4-2-8-24-30(28)29)3-1-5-15(19)20(27)14-6-7-16-17(11-14)25-18(12-23-16)22-9-10-26/h1,3,5-7,11-12,26,30H,2,4,8-10H2,(H,22,25)(H,24,28,29). The molecule has 0 fully saturated rings. The number of aliphatic hydroxyl groups excluding tert-OH is 1. The molecule has 0 aliphatic rings. The Morgan fingerprint density at radius 2 is 1.97 bits per heavy atom. The first-order chi connectivity index (χ1) is 14.5. The predicted molar refractivity (Wildman–Crippen MR) is 112 cm³/mol. The lowest BCUT2D eigenvalue weighted by molar-refractivity contribution is 0.103. The Balaban J connectivity index is 1.83. The number of aliphatic hydroxyl groups is 1. The summed E-state index contributed by atoms with van der Waals surface area (Å²) in [6.45, 7) is 0.461. The highest BCUT2D eigenvalue weighted by molar-refractivity contribution is 7.70. The molecule has 3 rings (SSSR count). The zero-order chi connectivity index (χ0) is 21.5. The Hall–Kier alpha value is -2.95. The van der Waals surface area contributed by atoms with Gasteiger partial charge in [-0.1, -0.05) is 12.1 Å². The van der Waals surface area contributed by atoms with Crippen LogP contribution in [0.5, 0.6) is 0 Å². The summed E-state index contributed by atoms with van der Waals surface area (Å²) >= 11 is 0. The minimum absolute atomic E-state index is 0.0564. The summed E-state index contributed by atoms with van der Waals surface area (Å²) in [6, 6.07) is 9.36. The van der Waals surface area contributed by atoms with Gasteiger partial charge in [-0.05, 0) is 42.7 Å². The van der Waals surface area contributed by atoms with Crippen molar-refractivity contribution in [1.82, 2.24) is 14.7 Å². The number of hydrogen-bond acceptors (Lipinski definition) is 7. The average Bonchev–Trinajstić information content (AvgIpc) is 2.75. The number of halogens is 1. The topological polar surface area (TPSA) is 121 Å². The second-order valence-corrected chi connectivity index (χ2v) is 7.32. The van der Waals surface area contributed by atoms with Gasteiger partial charge in [-0.25, -0.2) is 22.5 Å². The van der Waals surface area contributed by atoms with Gasteiger partial charge in [0.15, 0.2) is 5.78 Å². The number of anilines is 1. The molecule has 3 aromatic rings. The number of rotatable bonds is 10. The van der Waals surface area contributed by atoms with Crippen LogP contribution in [0.2, 0.25) is 0 Å². The number of nitrogens with zero attached hydrogens (tertiary/aromatic N) is 2. The number of carbonyl (C=O) groups excluding carboxylic acids is 1. The molecule has 0 aliphatic carbocycles. The molecule has 0 spiro atoms. The van der Waals surface area contributed by atoms with Crippen LogP contribution in [-0.2, 0) is 17.3 Å². The summed E-state index contributed by atoms with van der Waals surface area (Å²) < 4.78 is 38.2. The monoisotopic (exact) mass is 432 g/mol. The first-order valence-corrected chi connectivity index (χ1v) is 10.5. The smallest absolute Gasteiger partial charge is 0.201 e. The van der Waals surface area contributed by atoms with Gasteiger partial charge in [-0.2, -0.15) is 0 Å². The van der Waals surface area contributed by atoms with Gasteiger partial charge in [0.2, 0.25) is 10.9 Å². The second-order valence-electron chi connectivity index (χ2n) is 6.49. The molecule has 8 nitrogen and oxygen atoms in total. The van der Waals surface area contributed by atoms with Gasteiger partial charge in [0.1, 0.15) is 11.6 Å². The number of hydrogen-bond donors (Lipinski definition) is 4. The van der Waals surface area contributed by atoms with E-state index in [0.717, 1.165) is 0 Å². The van der Waals surface area contributed by atoms with Crippen LogP contribution in [0.1, 0.15) is 27.9 Å². The van der Waals surface area contributed by atoms with Crippen molar-refractivity contribution in [2.45, 2.75) is 12.8 Å². The van der Waals surface area contributed by atoms with Crippen molar-refractivity contribution in [1.29, 1.82) is 0 Å². The molecule has 0 atom stereocenters. The third-order valence-electron chi connectivity index (χ3n) is 4.41. The highest BCUT2D eigenvalue weighted by atomic mass is 32.2. The van der Waals surface area contributed by atoms with Gasteiger partial charge >= 0.3 is 0 Å². The van der Waals surface area contributed by atoms with E-state index in [-0.39, 0.29) is 24.3 Å². The van der Waals surface area contributed by atoms with Crippen LogP contribution in [0.4, 0.5) is 10.2 Å². The van der Waals surface area contributed by atoms with E-state index >= 15 is 0 Å². The van der Waals surface area contributed by atoms with Gasteiger partial charge < -0.3 is 10.4 Å². The zero-order valence-electron chi connectivity index (χ0n) is 16.0. The number of aryl methyl sites for hydroxylation is 1. The fraction of sp³-hybridized carbons (Fsp3) is 0.250. The van der Waals surface area contributed by atoms with E-state index in [1.165, 1.54) is 12.3 Å². The molecule has 1 heterocycles. The summed E-state index contributed by atoms with van der Waals surface area (Å²) in [5.41, 5.74) is 1.62. The number of benzene rings is 2. The number of thiol groups is 1. The predicted octanol–water partition coefficient (Wildman–Crippen LogP) is 1.45. The van der Waals surface area contributed by atoms with Crippen molar-refractivity contribution in [3.63, 3.8) is 0 Å².